The summed E-state index contributed by atoms with van der Waals surface area (Å²) in [5, 5.41) is 12.5. The predicted octanol–water partition coefficient (Wildman–Crippen LogP) is 0.489. The van der Waals surface area contributed by atoms with Gasteiger partial charge in [0, 0.05) is 19.3 Å². The number of amides is 1. The summed E-state index contributed by atoms with van der Waals surface area (Å²) < 4.78 is 5.30. The highest BCUT2D eigenvalue weighted by molar-refractivity contribution is 7.80. The Hall–Kier alpha value is -0.720. The number of carbonyl (C=O) groups is 1. The van der Waals surface area contributed by atoms with Crippen molar-refractivity contribution in [1.29, 1.82) is 0 Å². The van der Waals surface area contributed by atoms with Gasteiger partial charge >= 0.3 is 0 Å². The number of rotatable bonds is 3. The van der Waals surface area contributed by atoms with Crippen molar-refractivity contribution in [2.75, 3.05) is 13.2 Å². The average molecular weight is 286 g/mol. The lowest BCUT2D eigenvalue weighted by Gasteiger charge is -2.37. The molecule has 0 spiro atoms. The van der Waals surface area contributed by atoms with Crippen molar-refractivity contribution in [3.63, 3.8) is 0 Å². The van der Waals surface area contributed by atoms with Crippen LogP contribution in [0.3, 0.4) is 0 Å². The number of carbonyl (C=O) groups excluding carboxylic acids is 1. The van der Waals surface area contributed by atoms with Crippen molar-refractivity contribution in [3.05, 3.63) is 0 Å². The van der Waals surface area contributed by atoms with Gasteiger partial charge in [-0.3, -0.25) is 4.79 Å². The molecule has 1 saturated heterocycles. The molecular formula is C13H22N2O3S. The first-order chi connectivity index (χ1) is 9.04. The summed E-state index contributed by atoms with van der Waals surface area (Å²) in [6, 6.07) is 0.130. The van der Waals surface area contributed by atoms with E-state index >= 15 is 0 Å². The molecule has 0 aromatic heterocycles. The van der Waals surface area contributed by atoms with Gasteiger partial charge in [-0.1, -0.05) is 12.2 Å². The van der Waals surface area contributed by atoms with Crippen LogP contribution in [0.1, 0.15) is 38.5 Å². The first-order valence-electron chi connectivity index (χ1n) is 6.91. The standard InChI is InChI=1S/C13H22N2O3S/c14-11(19)13(5-7-18-8-6-13)12(17)15-9-1-3-10(16)4-2-9/h9-10,16H,1-8H2,(H2,14,19)(H,15,17). The zero-order valence-corrected chi connectivity index (χ0v) is 11.9. The lowest BCUT2D eigenvalue weighted by Crippen LogP contribution is -2.54. The third-order valence-corrected chi connectivity index (χ3v) is 4.68. The summed E-state index contributed by atoms with van der Waals surface area (Å²) >= 11 is 5.11. The fraction of sp³-hybridized carbons (Fsp3) is 0.846. The summed E-state index contributed by atoms with van der Waals surface area (Å²) in [6.07, 6.45) is 4.02. The van der Waals surface area contributed by atoms with Crippen LogP contribution < -0.4 is 11.1 Å². The van der Waals surface area contributed by atoms with Gasteiger partial charge in [-0.15, -0.1) is 0 Å². The van der Waals surface area contributed by atoms with E-state index < -0.39 is 5.41 Å². The highest BCUT2D eigenvalue weighted by Gasteiger charge is 2.43. The molecule has 0 aromatic rings. The Morgan fingerprint density at radius 1 is 1.26 bits per heavy atom. The molecule has 2 rings (SSSR count). The summed E-state index contributed by atoms with van der Waals surface area (Å²) in [6.45, 7) is 1.04. The van der Waals surface area contributed by atoms with Gasteiger partial charge in [0.1, 0.15) is 5.41 Å². The van der Waals surface area contributed by atoms with E-state index in [1.165, 1.54) is 0 Å². The molecule has 4 N–H and O–H groups in total. The summed E-state index contributed by atoms with van der Waals surface area (Å²) in [7, 11) is 0. The van der Waals surface area contributed by atoms with Crippen LogP contribution in [0, 0.1) is 5.41 Å². The van der Waals surface area contributed by atoms with Crippen LogP contribution in [0.15, 0.2) is 0 Å². The minimum absolute atomic E-state index is 0.0651. The van der Waals surface area contributed by atoms with Crippen LogP contribution in [-0.2, 0) is 9.53 Å². The molecule has 0 radical (unpaired) electrons. The Labute approximate surface area is 118 Å². The number of hydrogen-bond donors (Lipinski definition) is 3. The Morgan fingerprint density at radius 2 is 1.84 bits per heavy atom. The second kappa shape index (κ2) is 6.15. The minimum atomic E-state index is -0.746. The third kappa shape index (κ3) is 3.24. The van der Waals surface area contributed by atoms with E-state index in [-0.39, 0.29) is 23.0 Å². The van der Waals surface area contributed by atoms with E-state index in [1.807, 2.05) is 0 Å². The number of ether oxygens (including phenoxy) is 1. The van der Waals surface area contributed by atoms with Crippen molar-refractivity contribution in [1.82, 2.24) is 5.32 Å². The predicted molar refractivity (Wildman–Crippen MR) is 75.7 cm³/mol. The van der Waals surface area contributed by atoms with E-state index in [4.69, 9.17) is 22.7 Å². The second-order valence-electron chi connectivity index (χ2n) is 5.54. The molecule has 1 saturated carbocycles. The van der Waals surface area contributed by atoms with Crippen molar-refractivity contribution in [3.8, 4) is 0 Å². The number of thiocarbonyl (C=S) groups is 1. The van der Waals surface area contributed by atoms with Gasteiger partial charge in [0.2, 0.25) is 5.91 Å². The molecule has 108 valence electrons. The lowest BCUT2D eigenvalue weighted by atomic mass is 9.78. The molecule has 6 heteroatoms. The topological polar surface area (TPSA) is 84.6 Å². The normalized spacial score (nSPS) is 30.6. The van der Waals surface area contributed by atoms with Crippen molar-refractivity contribution >= 4 is 23.1 Å². The fourth-order valence-electron chi connectivity index (χ4n) is 2.85. The maximum atomic E-state index is 12.5. The molecule has 0 unspecified atom stereocenters. The Bertz CT molecular complexity index is 348. The number of nitrogens with two attached hydrogens (primary N) is 1. The molecule has 0 atom stereocenters. The van der Waals surface area contributed by atoms with Gasteiger partial charge in [0.05, 0.1) is 11.1 Å². The summed E-state index contributed by atoms with van der Waals surface area (Å²) in [4.78, 5) is 12.8. The molecule has 2 fully saturated rings. The minimum Gasteiger partial charge on any atom is -0.393 e. The van der Waals surface area contributed by atoms with Crippen molar-refractivity contribution < 1.29 is 14.6 Å². The molecule has 1 heterocycles. The number of hydrogen-bond acceptors (Lipinski definition) is 4. The molecule has 19 heavy (non-hydrogen) atoms. The summed E-state index contributed by atoms with van der Waals surface area (Å²) in [5.41, 5.74) is 5.06. The first kappa shape index (κ1) is 14.7. The first-order valence-corrected chi connectivity index (χ1v) is 7.32. The van der Waals surface area contributed by atoms with Gasteiger partial charge in [0.25, 0.3) is 0 Å². The SMILES string of the molecule is NC(=S)C1(C(=O)NC2CCC(O)CC2)CCOCC1. The van der Waals surface area contributed by atoms with Gasteiger partial charge < -0.3 is 20.9 Å². The number of nitrogens with one attached hydrogen (secondary N) is 1. The monoisotopic (exact) mass is 286 g/mol. The quantitative estimate of drug-likeness (QED) is 0.658. The van der Waals surface area contributed by atoms with Crippen LogP contribution in [-0.4, -0.2) is 41.4 Å². The molecule has 0 aromatic carbocycles. The van der Waals surface area contributed by atoms with Crippen LogP contribution in [0.25, 0.3) is 0 Å². The highest BCUT2D eigenvalue weighted by atomic mass is 32.1. The van der Waals surface area contributed by atoms with E-state index in [0.717, 1.165) is 25.7 Å². The third-order valence-electron chi connectivity index (χ3n) is 4.28. The molecule has 5 nitrogen and oxygen atoms in total. The zero-order chi connectivity index (χ0) is 13.9. The van der Waals surface area contributed by atoms with E-state index in [9.17, 15) is 9.90 Å². The van der Waals surface area contributed by atoms with Gasteiger partial charge in [-0.05, 0) is 38.5 Å². The van der Waals surface area contributed by atoms with E-state index in [0.29, 0.717) is 26.1 Å². The highest BCUT2D eigenvalue weighted by Crippen LogP contribution is 2.32. The lowest BCUT2D eigenvalue weighted by molar-refractivity contribution is -0.132. The molecule has 1 amide bonds. The van der Waals surface area contributed by atoms with Crippen molar-refractivity contribution in [2.24, 2.45) is 11.1 Å². The largest absolute Gasteiger partial charge is 0.393 e. The molecule has 1 aliphatic carbocycles. The average Bonchev–Trinajstić information content (AvgIpc) is 2.42. The number of aliphatic hydroxyl groups is 1. The smallest absolute Gasteiger partial charge is 0.233 e. The van der Waals surface area contributed by atoms with Crippen LogP contribution >= 0.6 is 12.2 Å². The van der Waals surface area contributed by atoms with Gasteiger partial charge in [-0.2, -0.15) is 0 Å². The second-order valence-corrected chi connectivity index (χ2v) is 5.98. The fourth-order valence-corrected chi connectivity index (χ4v) is 3.15. The van der Waals surface area contributed by atoms with Gasteiger partial charge in [-0.25, -0.2) is 0 Å². The molecule has 0 bridgehead atoms. The maximum absolute atomic E-state index is 12.5. The van der Waals surface area contributed by atoms with Crippen LogP contribution in [0.5, 0.6) is 0 Å². The Balaban J connectivity index is 1.98. The van der Waals surface area contributed by atoms with E-state index in [2.05, 4.69) is 5.32 Å². The zero-order valence-electron chi connectivity index (χ0n) is 11.1. The Kier molecular flexibility index (Phi) is 4.76. The molecular weight excluding hydrogens is 264 g/mol. The van der Waals surface area contributed by atoms with Gasteiger partial charge in [0.15, 0.2) is 0 Å². The van der Waals surface area contributed by atoms with E-state index in [1.54, 1.807) is 0 Å². The van der Waals surface area contributed by atoms with Crippen LogP contribution in [0.4, 0.5) is 0 Å². The maximum Gasteiger partial charge on any atom is 0.233 e. The van der Waals surface area contributed by atoms with Crippen LogP contribution in [0.2, 0.25) is 0 Å². The Morgan fingerprint density at radius 3 is 2.37 bits per heavy atom. The molecule has 1 aliphatic heterocycles. The summed E-state index contributed by atoms with van der Waals surface area (Å²) in [5.74, 6) is -0.0651. The molecule has 2 aliphatic rings. The number of aliphatic hydroxyl groups excluding tert-OH is 1. The van der Waals surface area contributed by atoms with Crippen molar-refractivity contribution in [2.45, 2.75) is 50.7 Å².